The molecule has 2 N–H and O–H groups in total. The first-order valence-corrected chi connectivity index (χ1v) is 11.0. The Kier molecular flexibility index (Phi) is 7.20. The van der Waals surface area contributed by atoms with Crippen molar-refractivity contribution in [2.24, 2.45) is 10.8 Å². The number of amides is 2. The fraction of sp³-hybridized carbons (Fsp3) is 0.348. The Morgan fingerprint density at radius 2 is 2.09 bits per heavy atom. The van der Waals surface area contributed by atoms with Crippen LogP contribution in [0.3, 0.4) is 0 Å². The van der Waals surface area contributed by atoms with Crippen molar-refractivity contribution in [1.82, 2.24) is 9.99 Å². The molecule has 11 nitrogen and oxygen atoms in total. The van der Waals surface area contributed by atoms with Crippen LogP contribution in [-0.2, 0) is 19.1 Å². The molecule has 0 radical (unpaired) electrons. The molecule has 2 amide bonds. The van der Waals surface area contributed by atoms with Crippen LogP contribution in [0.1, 0.15) is 12.8 Å². The highest BCUT2D eigenvalue weighted by atomic mass is 19.1. The first-order chi connectivity index (χ1) is 16.9. The van der Waals surface area contributed by atoms with E-state index in [1.165, 1.54) is 29.4 Å². The smallest absolute Gasteiger partial charge is 0.414 e. The van der Waals surface area contributed by atoms with Crippen LogP contribution in [-0.4, -0.2) is 73.7 Å². The fourth-order valence-corrected chi connectivity index (χ4v) is 3.80. The van der Waals surface area contributed by atoms with Crippen molar-refractivity contribution >= 4 is 35.8 Å². The molecule has 0 bridgehead atoms. The zero-order valence-corrected chi connectivity index (χ0v) is 19.1. The number of methoxy groups -OCH3 is 1. The summed E-state index contributed by atoms with van der Waals surface area (Å²) in [4.78, 5) is 42.7. The van der Waals surface area contributed by atoms with Crippen LogP contribution in [0, 0.1) is 5.82 Å². The van der Waals surface area contributed by atoms with E-state index in [-0.39, 0.29) is 31.4 Å². The number of nitrogens with two attached hydrogens (primary N) is 1. The van der Waals surface area contributed by atoms with E-state index in [0.717, 1.165) is 0 Å². The van der Waals surface area contributed by atoms with E-state index >= 15 is 0 Å². The second kappa shape index (κ2) is 10.5. The van der Waals surface area contributed by atoms with Gasteiger partial charge in [-0.15, -0.1) is 0 Å². The van der Waals surface area contributed by atoms with Crippen LogP contribution < -0.4 is 15.5 Å². The van der Waals surface area contributed by atoms with Crippen LogP contribution in [0.5, 0.6) is 0 Å². The molecule has 1 saturated heterocycles. The minimum absolute atomic E-state index is 0.108. The van der Waals surface area contributed by atoms with Gasteiger partial charge in [0.15, 0.2) is 0 Å². The number of pyridine rings is 1. The van der Waals surface area contributed by atoms with Crippen LogP contribution in [0.2, 0.25) is 0 Å². The molecule has 184 valence electrons. The molecule has 1 fully saturated rings. The van der Waals surface area contributed by atoms with E-state index in [1.54, 1.807) is 35.4 Å². The van der Waals surface area contributed by atoms with E-state index in [4.69, 9.17) is 10.5 Å². The van der Waals surface area contributed by atoms with Gasteiger partial charge in [-0.1, -0.05) is 0 Å². The van der Waals surface area contributed by atoms with Gasteiger partial charge in [-0.25, -0.2) is 19.2 Å². The third-order valence-corrected chi connectivity index (χ3v) is 5.74. The van der Waals surface area contributed by atoms with Gasteiger partial charge in [0.25, 0.3) is 5.91 Å². The van der Waals surface area contributed by atoms with Gasteiger partial charge >= 0.3 is 12.1 Å². The summed E-state index contributed by atoms with van der Waals surface area (Å²) in [5.41, 5.74) is 6.61. The first kappa shape index (κ1) is 24.1. The fourth-order valence-electron chi connectivity index (χ4n) is 3.80. The number of carbonyl (C=O) groups excluding carboxylic acids is 3. The summed E-state index contributed by atoms with van der Waals surface area (Å²) >= 11 is 0. The lowest BCUT2D eigenvalue weighted by Crippen LogP contribution is -2.43. The Hall–Kier alpha value is -4.06. The summed E-state index contributed by atoms with van der Waals surface area (Å²) < 4.78 is 24.9. The van der Waals surface area contributed by atoms with E-state index in [9.17, 15) is 18.8 Å². The van der Waals surface area contributed by atoms with Crippen molar-refractivity contribution < 1.29 is 28.2 Å². The second-order valence-electron chi connectivity index (χ2n) is 7.95. The van der Waals surface area contributed by atoms with Crippen LogP contribution in [0.4, 0.5) is 20.7 Å². The first-order valence-electron chi connectivity index (χ1n) is 11.0. The minimum Gasteiger partial charge on any atom is -0.469 e. The number of nitrogens with zero attached hydrogens (tertiary/aromatic N) is 5. The quantitative estimate of drug-likeness (QED) is 0.588. The van der Waals surface area contributed by atoms with Gasteiger partial charge in [0.1, 0.15) is 24.1 Å². The van der Waals surface area contributed by atoms with Gasteiger partial charge < -0.3 is 20.1 Å². The van der Waals surface area contributed by atoms with Crippen LogP contribution in [0.25, 0.3) is 11.1 Å². The van der Waals surface area contributed by atoms with E-state index in [1.807, 2.05) is 0 Å². The summed E-state index contributed by atoms with van der Waals surface area (Å²) in [7, 11) is 1.30. The number of rotatable bonds is 7. The Morgan fingerprint density at radius 3 is 2.71 bits per heavy atom. The molecule has 4 rings (SSSR count). The molecule has 0 unspecified atom stereocenters. The molecular weight excluding hydrogens is 459 g/mol. The summed E-state index contributed by atoms with van der Waals surface area (Å²) in [6.45, 7) is 0.992. The van der Waals surface area contributed by atoms with Gasteiger partial charge in [0.05, 0.1) is 32.4 Å². The Morgan fingerprint density at radius 1 is 1.26 bits per heavy atom. The minimum atomic E-state index is -0.590. The van der Waals surface area contributed by atoms with Crippen molar-refractivity contribution in [2.45, 2.75) is 18.9 Å². The maximum Gasteiger partial charge on any atom is 0.414 e. The number of hydrogen-bond acceptors (Lipinski definition) is 9. The van der Waals surface area contributed by atoms with Crippen molar-refractivity contribution in [1.29, 1.82) is 0 Å². The van der Waals surface area contributed by atoms with Gasteiger partial charge in [0.2, 0.25) is 0 Å². The molecule has 0 spiro atoms. The molecule has 1 atom stereocenters. The van der Waals surface area contributed by atoms with Gasteiger partial charge in [-0.05, 0) is 36.8 Å². The molecule has 1 aromatic heterocycles. The number of esters is 1. The topological polar surface area (TPSA) is 131 Å². The number of aromatic nitrogens is 1. The summed E-state index contributed by atoms with van der Waals surface area (Å²) in [6, 6.07) is 7.96. The standard InChI is InChI=1S/C23H25FN6O5/c1-34-22(32)7-4-17-13-29(23(33)35-17)16-3-5-18(19(24)10-16)15-2-6-20(26-12-15)28-8-9-30(27-14-28)21(31)11-25/h2-3,5-6,10,12,14,17H,4,7-9,11,13,25H2,1H3/t17-/m0/s1. The largest absolute Gasteiger partial charge is 0.469 e. The second-order valence-corrected chi connectivity index (χ2v) is 7.95. The number of cyclic esters (lactones) is 1. The zero-order valence-electron chi connectivity index (χ0n) is 19.1. The van der Waals surface area contributed by atoms with Crippen molar-refractivity contribution in [3.05, 3.63) is 42.3 Å². The number of benzene rings is 1. The average Bonchev–Trinajstić information content (AvgIpc) is 3.27. The van der Waals surface area contributed by atoms with Gasteiger partial charge in [0, 0.05) is 30.3 Å². The number of ether oxygens (including phenoxy) is 2. The molecule has 0 saturated carbocycles. The number of anilines is 2. The highest BCUT2D eigenvalue weighted by Gasteiger charge is 2.33. The molecular formula is C23H25FN6O5. The highest BCUT2D eigenvalue weighted by molar-refractivity contribution is 5.90. The molecule has 3 heterocycles. The molecule has 2 aliphatic rings. The third-order valence-electron chi connectivity index (χ3n) is 5.74. The lowest BCUT2D eigenvalue weighted by atomic mass is 10.1. The highest BCUT2D eigenvalue weighted by Crippen LogP contribution is 2.30. The molecule has 0 aliphatic carbocycles. The van der Waals surface area contributed by atoms with E-state index in [0.29, 0.717) is 42.1 Å². The number of hydrazone groups is 1. The molecule has 2 aliphatic heterocycles. The van der Waals surface area contributed by atoms with Crippen molar-refractivity contribution in [3.63, 3.8) is 0 Å². The summed E-state index contributed by atoms with van der Waals surface area (Å²) in [5.74, 6) is -0.557. The zero-order chi connectivity index (χ0) is 24.9. The molecule has 35 heavy (non-hydrogen) atoms. The molecule has 1 aromatic carbocycles. The lowest BCUT2D eigenvalue weighted by molar-refractivity contribution is -0.141. The molecule has 2 aromatic rings. The Balaban J connectivity index is 1.42. The predicted molar refractivity (Wildman–Crippen MR) is 125 cm³/mol. The summed E-state index contributed by atoms with van der Waals surface area (Å²) in [6.07, 6.45) is 2.45. The monoisotopic (exact) mass is 484 g/mol. The maximum absolute atomic E-state index is 15.0. The Bertz CT molecular complexity index is 1140. The maximum atomic E-state index is 15.0. The predicted octanol–water partition coefficient (Wildman–Crippen LogP) is 1.72. The Labute approximate surface area is 200 Å². The summed E-state index contributed by atoms with van der Waals surface area (Å²) in [5, 5.41) is 5.38. The SMILES string of the molecule is COC(=O)CC[C@H]1CN(c2ccc(-c3ccc(N4C=NN(C(=O)CN)CC4)nc3)c(F)c2)C(=O)O1. The van der Waals surface area contributed by atoms with Crippen LogP contribution >= 0.6 is 0 Å². The average molecular weight is 484 g/mol. The van der Waals surface area contributed by atoms with Gasteiger partial charge in [-0.3, -0.25) is 14.5 Å². The molecule has 12 heteroatoms. The number of halogens is 1. The number of hydrogen-bond donors (Lipinski definition) is 1. The lowest BCUT2D eigenvalue weighted by Gasteiger charge is -2.27. The normalized spacial score (nSPS) is 17.5. The van der Waals surface area contributed by atoms with Crippen LogP contribution in [0.15, 0.2) is 41.6 Å². The number of carbonyl (C=O) groups is 3. The van der Waals surface area contributed by atoms with Crippen molar-refractivity contribution in [3.8, 4) is 11.1 Å². The van der Waals surface area contributed by atoms with E-state index in [2.05, 4.69) is 14.8 Å². The van der Waals surface area contributed by atoms with Gasteiger partial charge in [-0.2, -0.15) is 5.10 Å². The van der Waals surface area contributed by atoms with E-state index < -0.39 is 18.0 Å². The third kappa shape index (κ3) is 5.38. The van der Waals surface area contributed by atoms with Crippen molar-refractivity contribution in [2.75, 3.05) is 43.1 Å².